The number of aromatic amines is 1. The van der Waals surface area contributed by atoms with E-state index >= 15 is 0 Å². The molecular weight excluding hydrogens is 258 g/mol. The number of hydrogen-bond donors (Lipinski definition) is 2. The van der Waals surface area contributed by atoms with Crippen LogP contribution in [0.25, 0.3) is 0 Å². The Balaban J connectivity index is 2.08. The Labute approximate surface area is 105 Å². The fraction of sp³-hybridized carbons (Fsp3) is 0.222. The number of thiazole rings is 1. The minimum absolute atomic E-state index is 0.128. The summed E-state index contributed by atoms with van der Waals surface area (Å²) in [6, 6.07) is 0. The molecule has 0 bridgehead atoms. The van der Waals surface area contributed by atoms with Crippen LogP contribution >= 0.6 is 11.3 Å². The van der Waals surface area contributed by atoms with E-state index in [0.717, 1.165) is 11.3 Å². The number of nitrogens with one attached hydrogen (secondary N) is 1. The Morgan fingerprint density at radius 1 is 1.56 bits per heavy atom. The highest BCUT2D eigenvalue weighted by molar-refractivity contribution is 7.11. The standard InChI is InChI=1S/C9H9N5O3S/c1-14(2-6-10-4-11-13-6)8(15)7-12-5(3-18-7)9(16)17/h3-4H,2H2,1H3,(H,16,17)(H,10,11,13). The van der Waals surface area contributed by atoms with E-state index in [4.69, 9.17) is 5.11 Å². The zero-order valence-corrected chi connectivity index (χ0v) is 10.1. The number of nitrogens with zero attached hydrogens (tertiary/aromatic N) is 4. The van der Waals surface area contributed by atoms with Crippen LogP contribution in [0.5, 0.6) is 0 Å². The first kappa shape index (κ1) is 12.2. The van der Waals surface area contributed by atoms with Crippen molar-refractivity contribution in [3.05, 3.63) is 28.2 Å². The Morgan fingerprint density at radius 2 is 2.33 bits per heavy atom. The van der Waals surface area contributed by atoms with E-state index in [1.54, 1.807) is 7.05 Å². The highest BCUT2D eigenvalue weighted by Gasteiger charge is 2.18. The second kappa shape index (κ2) is 4.92. The second-order valence-corrected chi connectivity index (χ2v) is 4.29. The van der Waals surface area contributed by atoms with Gasteiger partial charge in [-0.3, -0.25) is 9.89 Å². The van der Waals surface area contributed by atoms with E-state index in [2.05, 4.69) is 20.2 Å². The maximum Gasteiger partial charge on any atom is 0.355 e. The maximum atomic E-state index is 11.9. The number of aromatic carboxylic acids is 1. The third-order valence-corrected chi connectivity index (χ3v) is 2.94. The van der Waals surface area contributed by atoms with Crippen molar-refractivity contribution in [3.8, 4) is 0 Å². The van der Waals surface area contributed by atoms with Crippen molar-refractivity contribution in [1.29, 1.82) is 0 Å². The molecule has 18 heavy (non-hydrogen) atoms. The molecule has 9 heteroatoms. The number of H-pyrrole nitrogens is 1. The summed E-state index contributed by atoms with van der Waals surface area (Å²) >= 11 is 0.998. The molecule has 94 valence electrons. The number of hydrogen-bond acceptors (Lipinski definition) is 6. The molecule has 8 nitrogen and oxygen atoms in total. The van der Waals surface area contributed by atoms with Crippen LogP contribution in [0.4, 0.5) is 0 Å². The quantitative estimate of drug-likeness (QED) is 0.820. The lowest BCUT2D eigenvalue weighted by Crippen LogP contribution is -2.26. The molecule has 0 spiro atoms. The number of carboxylic acid groups (broad SMARTS) is 1. The number of aromatic nitrogens is 4. The zero-order valence-electron chi connectivity index (χ0n) is 9.32. The summed E-state index contributed by atoms with van der Waals surface area (Å²) in [7, 11) is 1.58. The third kappa shape index (κ3) is 2.51. The first-order valence-corrected chi connectivity index (χ1v) is 5.74. The molecule has 0 atom stereocenters. The number of carboxylic acids is 1. The zero-order chi connectivity index (χ0) is 13.1. The van der Waals surface area contributed by atoms with Crippen LogP contribution in [-0.2, 0) is 6.54 Å². The Morgan fingerprint density at radius 3 is 2.89 bits per heavy atom. The molecule has 2 rings (SSSR count). The van der Waals surface area contributed by atoms with E-state index in [0.29, 0.717) is 5.82 Å². The Kier molecular flexibility index (Phi) is 3.33. The van der Waals surface area contributed by atoms with E-state index in [-0.39, 0.29) is 23.2 Å². The van der Waals surface area contributed by atoms with Gasteiger partial charge in [0, 0.05) is 12.4 Å². The lowest BCUT2D eigenvalue weighted by molar-refractivity contribution is 0.0691. The molecule has 2 aromatic heterocycles. The predicted octanol–water partition coefficient (Wildman–Crippen LogP) is 0.232. The van der Waals surface area contributed by atoms with E-state index in [1.807, 2.05) is 0 Å². The van der Waals surface area contributed by atoms with Crippen molar-refractivity contribution in [2.45, 2.75) is 6.54 Å². The third-order valence-electron chi connectivity index (χ3n) is 2.10. The molecule has 0 unspecified atom stereocenters. The van der Waals surface area contributed by atoms with Gasteiger partial charge in [-0.2, -0.15) is 5.10 Å². The highest BCUT2D eigenvalue weighted by Crippen LogP contribution is 2.12. The summed E-state index contributed by atoms with van der Waals surface area (Å²) in [5, 5.41) is 16.5. The van der Waals surface area contributed by atoms with Gasteiger partial charge in [0.15, 0.2) is 10.7 Å². The van der Waals surface area contributed by atoms with Crippen LogP contribution < -0.4 is 0 Å². The minimum Gasteiger partial charge on any atom is -0.476 e. The normalized spacial score (nSPS) is 10.3. The molecule has 0 aliphatic rings. The Bertz CT molecular complexity index is 565. The van der Waals surface area contributed by atoms with E-state index < -0.39 is 5.97 Å². The summed E-state index contributed by atoms with van der Waals surface area (Å²) in [6.07, 6.45) is 1.35. The number of carbonyl (C=O) groups is 2. The van der Waals surface area contributed by atoms with Gasteiger partial charge in [0.1, 0.15) is 12.2 Å². The van der Waals surface area contributed by atoms with Crippen molar-refractivity contribution in [2.24, 2.45) is 0 Å². The van der Waals surface area contributed by atoms with Crippen LogP contribution in [0.3, 0.4) is 0 Å². The molecule has 0 fully saturated rings. The highest BCUT2D eigenvalue weighted by atomic mass is 32.1. The van der Waals surface area contributed by atoms with Gasteiger partial charge in [-0.05, 0) is 0 Å². The lowest BCUT2D eigenvalue weighted by Gasteiger charge is -2.13. The van der Waals surface area contributed by atoms with Crippen LogP contribution in [-0.4, -0.2) is 49.1 Å². The molecule has 0 saturated heterocycles. The van der Waals surface area contributed by atoms with Gasteiger partial charge < -0.3 is 10.0 Å². The average Bonchev–Trinajstić information content (AvgIpc) is 2.98. The number of rotatable bonds is 4. The lowest BCUT2D eigenvalue weighted by atomic mass is 10.4. The van der Waals surface area contributed by atoms with Gasteiger partial charge in [0.2, 0.25) is 0 Å². The molecule has 2 heterocycles. The maximum absolute atomic E-state index is 11.9. The SMILES string of the molecule is CN(Cc1ncn[nH]1)C(=O)c1nc(C(=O)O)cs1. The van der Waals surface area contributed by atoms with Crippen LogP contribution in [0.1, 0.15) is 26.1 Å². The fourth-order valence-corrected chi connectivity index (χ4v) is 2.02. The fourth-order valence-electron chi connectivity index (χ4n) is 1.24. The predicted molar refractivity (Wildman–Crippen MR) is 61.3 cm³/mol. The van der Waals surface area contributed by atoms with Crippen LogP contribution in [0.15, 0.2) is 11.7 Å². The molecule has 0 aromatic carbocycles. The summed E-state index contributed by atoms with van der Waals surface area (Å²) < 4.78 is 0. The molecule has 0 aliphatic carbocycles. The smallest absolute Gasteiger partial charge is 0.355 e. The molecule has 0 radical (unpaired) electrons. The Hall–Kier alpha value is -2.29. The first-order chi connectivity index (χ1) is 8.58. The molecule has 2 aromatic rings. The molecule has 0 saturated carbocycles. The summed E-state index contributed by atoms with van der Waals surface area (Å²) in [5.41, 5.74) is -0.128. The number of amides is 1. The summed E-state index contributed by atoms with van der Waals surface area (Å²) in [5.74, 6) is -0.965. The number of carbonyl (C=O) groups excluding carboxylic acids is 1. The average molecular weight is 267 g/mol. The van der Waals surface area contributed by atoms with Crippen molar-refractivity contribution in [1.82, 2.24) is 25.1 Å². The topological polar surface area (TPSA) is 112 Å². The largest absolute Gasteiger partial charge is 0.476 e. The van der Waals surface area contributed by atoms with Gasteiger partial charge >= 0.3 is 5.97 Å². The van der Waals surface area contributed by atoms with Crippen molar-refractivity contribution >= 4 is 23.2 Å². The summed E-state index contributed by atoms with van der Waals surface area (Å²) in [6.45, 7) is 0.251. The van der Waals surface area contributed by atoms with Crippen LogP contribution in [0, 0.1) is 0 Å². The van der Waals surface area contributed by atoms with Gasteiger partial charge in [-0.25, -0.2) is 14.8 Å². The van der Waals surface area contributed by atoms with Crippen molar-refractivity contribution in [3.63, 3.8) is 0 Å². The molecule has 1 amide bonds. The van der Waals surface area contributed by atoms with Gasteiger partial charge in [0.05, 0.1) is 6.54 Å². The minimum atomic E-state index is -1.15. The van der Waals surface area contributed by atoms with Gasteiger partial charge in [-0.15, -0.1) is 11.3 Å². The molecule has 0 aliphatic heterocycles. The van der Waals surface area contributed by atoms with Gasteiger partial charge in [-0.1, -0.05) is 0 Å². The van der Waals surface area contributed by atoms with Crippen molar-refractivity contribution in [2.75, 3.05) is 7.05 Å². The van der Waals surface area contributed by atoms with Gasteiger partial charge in [0.25, 0.3) is 5.91 Å². The van der Waals surface area contributed by atoms with E-state index in [9.17, 15) is 9.59 Å². The van der Waals surface area contributed by atoms with Crippen molar-refractivity contribution < 1.29 is 14.7 Å². The first-order valence-electron chi connectivity index (χ1n) is 4.86. The molecule has 2 N–H and O–H groups in total. The second-order valence-electron chi connectivity index (χ2n) is 3.44. The summed E-state index contributed by atoms with van der Waals surface area (Å²) in [4.78, 5) is 31.6. The molecular formula is C9H9N5O3S. The monoisotopic (exact) mass is 267 g/mol. The van der Waals surface area contributed by atoms with E-state index in [1.165, 1.54) is 16.6 Å². The van der Waals surface area contributed by atoms with Crippen LogP contribution in [0.2, 0.25) is 0 Å².